The van der Waals surface area contributed by atoms with Crippen molar-refractivity contribution in [2.75, 3.05) is 26.4 Å². The lowest BCUT2D eigenvalue weighted by Crippen LogP contribution is -2.29. The second-order valence-corrected chi connectivity index (χ2v) is 16.5. The molecule has 330 valence electrons. The molecule has 2 atom stereocenters. The predicted octanol–water partition coefficient (Wildman–Crippen LogP) is 13.3. The third-order valence-electron chi connectivity index (χ3n) is 9.52. The van der Waals surface area contributed by atoms with E-state index in [1.165, 1.54) is 116 Å². The van der Waals surface area contributed by atoms with Gasteiger partial charge in [0.1, 0.15) is 6.61 Å². The van der Waals surface area contributed by atoms with Gasteiger partial charge in [-0.2, -0.15) is 0 Å². The first-order valence-corrected chi connectivity index (χ1v) is 24.2. The first-order valence-electron chi connectivity index (χ1n) is 22.7. The van der Waals surface area contributed by atoms with Crippen molar-refractivity contribution in [2.45, 2.75) is 199 Å². The van der Waals surface area contributed by atoms with Gasteiger partial charge in [-0.1, -0.05) is 171 Å². The van der Waals surface area contributed by atoms with Crippen LogP contribution >= 0.6 is 7.82 Å². The number of rotatable bonds is 43. The molecule has 10 heteroatoms. The molecule has 0 fully saturated rings. The number of phosphoric ester groups is 1. The third-order valence-corrected chi connectivity index (χ3v) is 10.5. The Morgan fingerprint density at radius 2 is 1.02 bits per heavy atom. The number of hydrogen-bond donors (Lipinski definition) is 2. The van der Waals surface area contributed by atoms with Gasteiger partial charge in [-0.3, -0.25) is 18.6 Å². The van der Waals surface area contributed by atoms with Crippen LogP contribution < -0.4 is 5.73 Å². The molecule has 3 N–H and O–H groups in total. The van der Waals surface area contributed by atoms with E-state index in [1.54, 1.807) is 0 Å². The fourth-order valence-corrected chi connectivity index (χ4v) is 6.90. The van der Waals surface area contributed by atoms with Gasteiger partial charge in [-0.15, -0.1) is 6.58 Å². The van der Waals surface area contributed by atoms with Crippen molar-refractivity contribution >= 4 is 19.8 Å². The molecule has 57 heavy (non-hydrogen) atoms. The highest BCUT2D eigenvalue weighted by molar-refractivity contribution is 7.47. The molecule has 0 amide bonds. The zero-order chi connectivity index (χ0) is 41.8. The van der Waals surface area contributed by atoms with Crippen molar-refractivity contribution in [3.05, 3.63) is 61.3 Å². The third kappa shape index (κ3) is 43.1. The van der Waals surface area contributed by atoms with Gasteiger partial charge in [0.25, 0.3) is 0 Å². The van der Waals surface area contributed by atoms with Crippen LogP contribution in [-0.4, -0.2) is 49.3 Å². The molecule has 0 aromatic carbocycles. The van der Waals surface area contributed by atoms with Crippen LogP contribution in [0.4, 0.5) is 0 Å². The van der Waals surface area contributed by atoms with Crippen LogP contribution in [0.25, 0.3) is 0 Å². The molecule has 0 spiro atoms. The van der Waals surface area contributed by atoms with Gasteiger partial charge >= 0.3 is 19.8 Å². The highest BCUT2D eigenvalue weighted by Crippen LogP contribution is 2.43. The van der Waals surface area contributed by atoms with Crippen LogP contribution in [0.3, 0.4) is 0 Å². The van der Waals surface area contributed by atoms with Gasteiger partial charge in [0.15, 0.2) is 6.10 Å². The monoisotopic (exact) mass is 822 g/mol. The van der Waals surface area contributed by atoms with Gasteiger partial charge in [-0.25, -0.2) is 4.57 Å². The fraction of sp³-hybridized carbons (Fsp3) is 0.745. The topological polar surface area (TPSA) is 134 Å². The van der Waals surface area contributed by atoms with Crippen molar-refractivity contribution in [2.24, 2.45) is 5.73 Å². The molecule has 0 rings (SSSR count). The maximum atomic E-state index is 12.6. The Bertz CT molecular complexity index is 1110. The lowest BCUT2D eigenvalue weighted by Gasteiger charge is -2.19. The second kappa shape index (κ2) is 43.3. The summed E-state index contributed by atoms with van der Waals surface area (Å²) in [5, 5.41) is 0. The average molecular weight is 822 g/mol. The minimum Gasteiger partial charge on any atom is -0.462 e. The first kappa shape index (κ1) is 54.7. The molecule has 0 aromatic heterocycles. The maximum absolute atomic E-state index is 12.6. The molecule has 0 radical (unpaired) electrons. The SMILES string of the molecule is C=CCCCCCCCCCCCCCCCC(=O)OC[C@H](COP(=O)(O)OCCN)OC(=O)CCC/C=C/C/C=C/C/C=C/C/C=C/CCCCCCCCC. The van der Waals surface area contributed by atoms with E-state index in [1.807, 2.05) is 12.2 Å². The summed E-state index contributed by atoms with van der Waals surface area (Å²) < 4.78 is 32.7. The number of nitrogens with two attached hydrogens (primary N) is 1. The Kier molecular flexibility index (Phi) is 41.6. The molecule has 0 saturated carbocycles. The van der Waals surface area contributed by atoms with E-state index in [0.717, 1.165) is 44.9 Å². The zero-order valence-electron chi connectivity index (χ0n) is 36.1. The summed E-state index contributed by atoms with van der Waals surface area (Å²) in [4.78, 5) is 34.9. The summed E-state index contributed by atoms with van der Waals surface area (Å²) >= 11 is 0. The number of phosphoric acid groups is 1. The zero-order valence-corrected chi connectivity index (χ0v) is 37.0. The number of esters is 2. The molecule has 0 aliphatic heterocycles. The molecular weight excluding hydrogens is 737 g/mol. The number of unbranched alkanes of at least 4 members (excludes halogenated alkanes) is 21. The Balaban J connectivity index is 4.22. The largest absolute Gasteiger partial charge is 0.472 e. The second-order valence-electron chi connectivity index (χ2n) is 15.0. The Hall–Kier alpha value is -2.29. The fourth-order valence-electron chi connectivity index (χ4n) is 6.14. The van der Waals surface area contributed by atoms with E-state index in [0.29, 0.717) is 12.8 Å². The van der Waals surface area contributed by atoms with Crippen molar-refractivity contribution in [3.63, 3.8) is 0 Å². The van der Waals surface area contributed by atoms with Gasteiger partial charge in [0, 0.05) is 19.4 Å². The van der Waals surface area contributed by atoms with Gasteiger partial charge < -0.3 is 20.1 Å². The van der Waals surface area contributed by atoms with Crippen LogP contribution in [0.1, 0.15) is 193 Å². The molecular formula is C47H84NO8P. The molecule has 0 bridgehead atoms. The quantitative estimate of drug-likeness (QED) is 0.0267. The van der Waals surface area contributed by atoms with Gasteiger partial charge in [0.05, 0.1) is 13.2 Å². The predicted molar refractivity (Wildman–Crippen MR) is 238 cm³/mol. The van der Waals surface area contributed by atoms with E-state index in [-0.39, 0.29) is 32.6 Å². The number of ether oxygens (including phenoxy) is 2. The summed E-state index contributed by atoms with van der Waals surface area (Å²) in [6.07, 6.45) is 50.1. The molecule has 0 aromatic rings. The highest BCUT2D eigenvalue weighted by atomic mass is 31.2. The molecule has 0 saturated heterocycles. The lowest BCUT2D eigenvalue weighted by molar-refractivity contribution is -0.161. The van der Waals surface area contributed by atoms with Crippen LogP contribution in [0.2, 0.25) is 0 Å². The van der Waals surface area contributed by atoms with E-state index >= 15 is 0 Å². The van der Waals surface area contributed by atoms with Crippen LogP contribution in [0.5, 0.6) is 0 Å². The normalized spacial score (nSPS) is 13.6. The van der Waals surface area contributed by atoms with Crippen LogP contribution in [-0.2, 0) is 32.7 Å². The van der Waals surface area contributed by atoms with Crippen molar-refractivity contribution in [3.8, 4) is 0 Å². The number of allylic oxidation sites excluding steroid dienone is 9. The average Bonchev–Trinajstić information content (AvgIpc) is 3.20. The minimum absolute atomic E-state index is 0.0424. The van der Waals surface area contributed by atoms with Crippen LogP contribution in [0.15, 0.2) is 61.3 Å². The lowest BCUT2D eigenvalue weighted by atomic mass is 10.0. The molecule has 1 unspecified atom stereocenters. The van der Waals surface area contributed by atoms with E-state index in [4.69, 9.17) is 24.3 Å². The summed E-state index contributed by atoms with van der Waals surface area (Å²) in [5.74, 6) is -0.897. The summed E-state index contributed by atoms with van der Waals surface area (Å²) in [5.41, 5.74) is 5.35. The van der Waals surface area contributed by atoms with Crippen molar-refractivity contribution in [1.82, 2.24) is 0 Å². The standard InChI is InChI=1S/C47H84NO8P/c1-3-5-7-9-11-13-15-17-19-20-21-22-23-24-26-28-30-32-34-36-38-40-47(50)56-45(44-55-57(51,52)54-42-41-48)43-53-46(49)39-37-35-33-31-29-27-25-18-16-14-12-10-8-6-4-2/h4,19-20,22-23,26,28,32,34,45H,2-3,5-18,21,24-25,27,29-31,33,35-44,48H2,1H3,(H,51,52)/b20-19+,23-22+,28-26+,34-32+/t45-/m1/s1. The number of carbonyl (C=O) groups is 2. The summed E-state index contributed by atoms with van der Waals surface area (Å²) in [6, 6.07) is 0. The van der Waals surface area contributed by atoms with Gasteiger partial charge in [-0.05, 0) is 64.2 Å². The van der Waals surface area contributed by atoms with E-state index < -0.39 is 32.5 Å². The Labute approximate surface area is 349 Å². The molecule has 0 aliphatic rings. The van der Waals surface area contributed by atoms with Crippen LogP contribution in [0, 0.1) is 0 Å². The van der Waals surface area contributed by atoms with E-state index in [9.17, 15) is 19.0 Å². The summed E-state index contributed by atoms with van der Waals surface area (Å²) in [7, 11) is -4.39. The Morgan fingerprint density at radius 3 is 1.53 bits per heavy atom. The highest BCUT2D eigenvalue weighted by Gasteiger charge is 2.25. The number of hydrogen-bond acceptors (Lipinski definition) is 8. The minimum atomic E-state index is -4.39. The smallest absolute Gasteiger partial charge is 0.462 e. The molecule has 0 aliphatic carbocycles. The Morgan fingerprint density at radius 1 is 0.579 bits per heavy atom. The van der Waals surface area contributed by atoms with E-state index in [2.05, 4.69) is 56.0 Å². The molecule has 9 nitrogen and oxygen atoms in total. The van der Waals surface area contributed by atoms with Crippen molar-refractivity contribution in [1.29, 1.82) is 0 Å². The maximum Gasteiger partial charge on any atom is 0.472 e. The van der Waals surface area contributed by atoms with Crippen molar-refractivity contribution < 1.29 is 37.6 Å². The molecule has 0 heterocycles. The number of carbonyl (C=O) groups excluding carboxylic acids is 2. The first-order chi connectivity index (χ1) is 27.8. The summed E-state index contributed by atoms with van der Waals surface area (Å²) in [6.45, 7) is 5.19. The van der Waals surface area contributed by atoms with Gasteiger partial charge in [0.2, 0.25) is 0 Å².